The zero-order valence-corrected chi connectivity index (χ0v) is 18.8. The minimum Gasteiger partial charge on any atom is -0.357 e. The Morgan fingerprint density at radius 1 is 1.22 bits per heavy atom. The van der Waals surface area contributed by atoms with Crippen LogP contribution in [-0.4, -0.2) is 31.5 Å². The molecule has 1 aliphatic carbocycles. The number of anilines is 1. The quantitative estimate of drug-likeness (QED) is 0.321. The summed E-state index contributed by atoms with van der Waals surface area (Å²) in [7, 11) is 0. The Balaban J connectivity index is 0.00000261. The summed E-state index contributed by atoms with van der Waals surface area (Å²) in [6, 6.07) is 8.08. The van der Waals surface area contributed by atoms with Gasteiger partial charge in [0.25, 0.3) is 0 Å². The first-order chi connectivity index (χ1) is 12.7. The first-order valence-electron chi connectivity index (χ1n) is 10.1. The molecule has 3 rings (SSSR count). The molecule has 0 aromatic heterocycles. The molecule has 1 fully saturated rings. The standard InChI is InChI=1S/C21H32N4O.HI/c1-3-21(11-7-8-12-21)15-24-20(22-4-2)23-14-16-13-19(26)25-18-10-6-5-9-17(16)18;/h5-6,9-10,16H,3-4,7-8,11-15H2,1-2H3,(H,25,26)(H2,22,23,24);1H. The van der Waals surface area contributed by atoms with Gasteiger partial charge in [-0.3, -0.25) is 9.79 Å². The summed E-state index contributed by atoms with van der Waals surface area (Å²) < 4.78 is 0. The number of guanidine groups is 1. The van der Waals surface area contributed by atoms with E-state index in [1.54, 1.807) is 0 Å². The molecule has 1 aromatic rings. The van der Waals surface area contributed by atoms with Crippen LogP contribution < -0.4 is 16.0 Å². The molecule has 0 bridgehead atoms. The Morgan fingerprint density at radius 2 is 1.96 bits per heavy atom. The van der Waals surface area contributed by atoms with Crippen molar-refractivity contribution in [2.45, 2.75) is 58.3 Å². The number of para-hydroxylation sites is 1. The van der Waals surface area contributed by atoms with Gasteiger partial charge in [0, 0.05) is 37.7 Å². The maximum absolute atomic E-state index is 12.0. The van der Waals surface area contributed by atoms with E-state index in [1.807, 2.05) is 18.2 Å². The monoisotopic (exact) mass is 484 g/mol. The van der Waals surface area contributed by atoms with Crippen LogP contribution in [0.3, 0.4) is 0 Å². The van der Waals surface area contributed by atoms with Gasteiger partial charge in [0.05, 0.1) is 0 Å². The molecule has 0 radical (unpaired) electrons. The van der Waals surface area contributed by atoms with Gasteiger partial charge in [-0.1, -0.05) is 38.0 Å². The molecule has 3 N–H and O–H groups in total. The number of carbonyl (C=O) groups is 1. The van der Waals surface area contributed by atoms with Gasteiger partial charge in [-0.25, -0.2) is 0 Å². The molecule has 1 aliphatic heterocycles. The zero-order valence-electron chi connectivity index (χ0n) is 16.5. The highest BCUT2D eigenvalue weighted by Crippen LogP contribution is 2.41. The van der Waals surface area contributed by atoms with Crippen molar-refractivity contribution < 1.29 is 4.79 Å². The van der Waals surface area contributed by atoms with Crippen molar-refractivity contribution in [2.75, 3.05) is 25.0 Å². The molecule has 1 heterocycles. The van der Waals surface area contributed by atoms with Gasteiger partial charge in [-0.15, -0.1) is 24.0 Å². The first kappa shape index (κ1) is 22.0. The maximum atomic E-state index is 12.0. The van der Waals surface area contributed by atoms with E-state index in [1.165, 1.54) is 37.7 Å². The minimum absolute atomic E-state index is 0. The van der Waals surface area contributed by atoms with E-state index in [0.29, 0.717) is 11.8 Å². The lowest BCUT2D eigenvalue weighted by Gasteiger charge is -2.27. The van der Waals surface area contributed by atoms with Crippen molar-refractivity contribution >= 4 is 41.5 Å². The maximum Gasteiger partial charge on any atom is 0.225 e. The number of benzene rings is 1. The summed E-state index contributed by atoms with van der Waals surface area (Å²) in [5, 5.41) is 9.80. The number of nitrogens with one attached hydrogen (secondary N) is 3. The Kier molecular flexibility index (Phi) is 8.38. The fraction of sp³-hybridized carbons (Fsp3) is 0.619. The summed E-state index contributed by atoms with van der Waals surface area (Å²) in [5.74, 6) is 1.14. The van der Waals surface area contributed by atoms with E-state index >= 15 is 0 Å². The number of carbonyl (C=O) groups excluding carboxylic acids is 1. The molecule has 1 saturated carbocycles. The third-order valence-corrected chi connectivity index (χ3v) is 5.95. The van der Waals surface area contributed by atoms with Gasteiger partial charge >= 0.3 is 0 Å². The van der Waals surface area contributed by atoms with E-state index in [4.69, 9.17) is 4.99 Å². The molecule has 0 saturated heterocycles. The number of amides is 1. The number of aliphatic imine (C=N–C) groups is 1. The third kappa shape index (κ3) is 5.59. The molecule has 1 aromatic carbocycles. The highest BCUT2D eigenvalue weighted by molar-refractivity contribution is 14.0. The Morgan fingerprint density at radius 3 is 2.67 bits per heavy atom. The zero-order chi connectivity index (χ0) is 18.4. The largest absolute Gasteiger partial charge is 0.357 e. The van der Waals surface area contributed by atoms with Crippen molar-refractivity contribution in [2.24, 2.45) is 10.4 Å². The number of rotatable bonds is 6. The molecule has 27 heavy (non-hydrogen) atoms. The Labute approximate surface area is 180 Å². The molecule has 5 nitrogen and oxygen atoms in total. The average molecular weight is 484 g/mol. The molecular formula is C21H33IN4O. The molecule has 6 heteroatoms. The molecule has 0 spiro atoms. The highest BCUT2D eigenvalue weighted by Gasteiger charge is 2.32. The Bertz CT molecular complexity index is 655. The van der Waals surface area contributed by atoms with Gasteiger partial charge in [0.15, 0.2) is 5.96 Å². The second-order valence-corrected chi connectivity index (χ2v) is 7.67. The SMILES string of the molecule is CCNC(=NCC1(CC)CCCC1)NCC1CC(=O)Nc2ccccc21.I. The summed E-state index contributed by atoms with van der Waals surface area (Å²) in [5.41, 5.74) is 2.53. The van der Waals surface area contributed by atoms with Gasteiger partial charge in [0.1, 0.15) is 0 Å². The Hall–Kier alpha value is -1.31. The van der Waals surface area contributed by atoms with Gasteiger partial charge in [-0.2, -0.15) is 0 Å². The summed E-state index contributed by atoms with van der Waals surface area (Å²) >= 11 is 0. The second kappa shape index (κ2) is 10.3. The van der Waals surface area contributed by atoms with Gasteiger partial charge < -0.3 is 16.0 Å². The molecular weight excluding hydrogens is 451 g/mol. The lowest BCUT2D eigenvalue weighted by molar-refractivity contribution is -0.116. The van der Waals surface area contributed by atoms with Crippen molar-refractivity contribution in [3.8, 4) is 0 Å². The first-order valence-corrected chi connectivity index (χ1v) is 10.1. The normalized spacial score (nSPS) is 21.0. The van der Waals surface area contributed by atoms with Gasteiger partial charge in [-0.05, 0) is 43.2 Å². The second-order valence-electron chi connectivity index (χ2n) is 7.67. The van der Waals surface area contributed by atoms with Crippen LogP contribution in [-0.2, 0) is 4.79 Å². The van der Waals surface area contributed by atoms with Crippen LogP contribution in [0.1, 0.15) is 63.9 Å². The topological polar surface area (TPSA) is 65.5 Å². The fourth-order valence-electron chi connectivity index (χ4n) is 4.24. The smallest absolute Gasteiger partial charge is 0.225 e. The van der Waals surface area contributed by atoms with Crippen LogP contribution in [0.15, 0.2) is 29.3 Å². The van der Waals surface area contributed by atoms with E-state index in [0.717, 1.165) is 31.3 Å². The van der Waals surface area contributed by atoms with Crippen molar-refractivity contribution in [3.63, 3.8) is 0 Å². The van der Waals surface area contributed by atoms with E-state index in [-0.39, 0.29) is 35.8 Å². The fourth-order valence-corrected chi connectivity index (χ4v) is 4.24. The van der Waals surface area contributed by atoms with E-state index in [2.05, 4.69) is 35.9 Å². The average Bonchev–Trinajstić information content (AvgIpc) is 3.13. The molecule has 1 unspecified atom stereocenters. The van der Waals surface area contributed by atoms with Crippen molar-refractivity contribution in [3.05, 3.63) is 29.8 Å². The molecule has 150 valence electrons. The third-order valence-electron chi connectivity index (χ3n) is 5.95. The van der Waals surface area contributed by atoms with Crippen LogP contribution >= 0.6 is 24.0 Å². The summed E-state index contributed by atoms with van der Waals surface area (Å²) in [6.45, 7) is 6.83. The number of fused-ring (bicyclic) bond motifs is 1. The van der Waals surface area contributed by atoms with Crippen LogP contribution in [0.4, 0.5) is 5.69 Å². The van der Waals surface area contributed by atoms with Crippen LogP contribution in [0, 0.1) is 5.41 Å². The number of hydrogen-bond donors (Lipinski definition) is 3. The predicted molar refractivity (Wildman–Crippen MR) is 123 cm³/mol. The number of nitrogens with zero attached hydrogens (tertiary/aromatic N) is 1. The van der Waals surface area contributed by atoms with Gasteiger partial charge in [0.2, 0.25) is 5.91 Å². The number of halogens is 1. The van der Waals surface area contributed by atoms with Crippen LogP contribution in [0.5, 0.6) is 0 Å². The number of hydrogen-bond acceptors (Lipinski definition) is 2. The highest BCUT2D eigenvalue weighted by atomic mass is 127. The predicted octanol–water partition coefficient (Wildman–Crippen LogP) is 4.26. The summed E-state index contributed by atoms with van der Waals surface area (Å²) in [6.07, 6.45) is 6.97. The molecule has 2 aliphatic rings. The van der Waals surface area contributed by atoms with Crippen LogP contribution in [0.25, 0.3) is 0 Å². The van der Waals surface area contributed by atoms with E-state index < -0.39 is 0 Å². The minimum atomic E-state index is 0. The van der Waals surface area contributed by atoms with Crippen molar-refractivity contribution in [1.82, 2.24) is 10.6 Å². The molecule has 1 atom stereocenters. The lowest BCUT2D eigenvalue weighted by Crippen LogP contribution is -2.41. The summed E-state index contributed by atoms with van der Waals surface area (Å²) in [4.78, 5) is 16.9. The van der Waals surface area contributed by atoms with Crippen molar-refractivity contribution in [1.29, 1.82) is 0 Å². The van der Waals surface area contributed by atoms with E-state index in [9.17, 15) is 4.79 Å². The lowest BCUT2D eigenvalue weighted by atomic mass is 9.84. The van der Waals surface area contributed by atoms with Crippen LogP contribution in [0.2, 0.25) is 0 Å². The molecule has 1 amide bonds.